The van der Waals surface area contributed by atoms with Gasteiger partial charge in [0, 0.05) is 17.0 Å². The quantitative estimate of drug-likeness (QED) is 0.634. The predicted octanol–water partition coefficient (Wildman–Crippen LogP) is 3.32. The van der Waals surface area contributed by atoms with Crippen LogP contribution in [0.15, 0.2) is 31.9 Å². The molecule has 2 aliphatic rings. The Bertz CT molecular complexity index is 1030. The van der Waals surface area contributed by atoms with Crippen molar-refractivity contribution in [2.24, 2.45) is 0 Å². The van der Waals surface area contributed by atoms with Gasteiger partial charge in [0.2, 0.25) is 0 Å². The molecule has 0 saturated heterocycles. The average molecular weight is 338 g/mol. The van der Waals surface area contributed by atoms with Crippen LogP contribution in [-0.2, 0) is 19.4 Å². The molecule has 25 heavy (non-hydrogen) atoms. The van der Waals surface area contributed by atoms with Crippen molar-refractivity contribution in [2.45, 2.75) is 39.2 Å². The first kappa shape index (κ1) is 14.6. The number of anilines is 1. The largest absolute Gasteiger partial charge is 0.473 e. The smallest absolute Gasteiger partial charge is 0.339 e. The molecule has 5 rings (SSSR count). The van der Waals surface area contributed by atoms with Gasteiger partial charge in [0.25, 0.3) is 0 Å². The van der Waals surface area contributed by atoms with Crippen LogP contribution < -0.4 is 15.3 Å². The van der Waals surface area contributed by atoms with E-state index >= 15 is 0 Å². The zero-order valence-electron chi connectivity index (χ0n) is 14.0. The Kier molecular flexibility index (Phi) is 3.13. The first-order valence-electron chi connectivity index (χ1n) is 8.62. The molecule has 2 aromatic heterocycles. The summed E-state index contributed by atoms with van der Waals surface area (Å²) in [7, 11) is 0. The van der Waals surface area contributed by atoms with Crippen LogP contribution in [0, 0.1) is 6.92 Å². The van der Waals surface area contributed by atoms with Gasteiger partial charge in [-0.3, -0.25) is 0 Å². The summed E-state index contributed by atoms with van der Waals surface area (Å²) in [5.74, 6) is 2.24. The number of aromatic nitrogens is 1. The Morgan fingerprint density at radius 1 is 1.12 bits per heavy atom. The molecular formula is C19H18N2O4. The summed E-state index contributed by atoms with van der Waals surface area (Å²) in [4.78, 5) is 14.4. The molecule has 0 saturated carbocycles. The molecule has 1 aliphatic heterocycles. The monoisotopic (exact) mass is 338 g/mol. The number of aryl methyl sites for hydroxylation is 2. The number of ether oxygens (including phenoxy) is 1. The molecule has 128 valence electrons. The van der Waals surface area contributed by atoms with Crippen molar-refractivity contribution in [3.63, 3.8) is 0 Å². The molecule has 0 spiro atoms. The number of hydrogen-bond acceptors (Lipinski definition) is 6. The van der Waals surface area contributed by atoms with Gasteiger partial charge >= 0.3 is 5.63 Å². The molecule has 0 N–H and O–H groups in total. The lowest BCUT2D eigenvalue weighted by molar-refractivity contribution is 0.284. The van der Waals surface area contributed by atoms with Crippen molar-refractivity contribution >= 4 is 16.8 Å². The van der Waals surface area contributed by atoms with Crippen LogP contribution >= 0.6 is 0 Å². The van der Waals surface area contributed by atoms with Crippen molar-refractivity contribution in [2.75, 3.05) is 11.6 Å². The Labute approximate surface area is 144 Å². The van der Waals surface area contributed by atoms with E-state index in [0.29, 0.717) is 18.9 Å². The number of hydrogen-bond donors (Lipinski definition) is 0. The third kappa shape index (κ3) is 2.24. The summed E-state index contributed by atoms with van der Waals surface area (Å²) < 4.78 is 16.8. The maximum Gasteiger partial charge on any atom is 0.339 e. The molecule has 0 atom stereocenters. The molecule has 3 aromatic rings. The second-order valence-corrected chi connectivity index (χ2v) is 6.74. The third-order valence-electron chi connectivity index (χ3n) is 5.12. The highest BCUT2D eigenvalue weighted by Crippen LogP contribution is 2.36. The van der Waals surface area contributed by atoms with E-state index in [1.807, 2.05) is 30.0 Å². The molecule has 0 amide bonds. The summed E-state index contributed by atoms with van der Waals surface area (Å²) in [5, 5.41) is 5.10. The van der Waals surface area contributed by atoms with E-state index in [-0.39, 0.29) is 5.63 Å². The van der Waals surface area contributed by atoms with E-state index in [1.54, 1.807) is 0 Å². The number of rotatable bonds is 1. The number of nitrogens with zero attached hydrogens (tertiary/aromatic N) is 2. The number of benzene rings is 1. The lowest BCUT2D eigenvalue weighted by Gasteiger charge is -2.29. The van der Waals surface area contributed by atoms with Crippen molar-refractivity contribution in [3.8, 4) is 5.75 Å². The van der Waals surface area contributed by atoms with Gasteiger partial charge in [0.15, 0.2) is 12.5 Å². The van der Waals surface area contributed by atoms with Crippen molar-refractivity contribution < 1.29 is 13.7 Å². The minimum absolute atomic E-state index is 0.204. The fourth-order valence-corrected chi connectivity index (χ4v) is 3.86. The summed E-state index contributed by atoms with van der Waals surface area (Å²) >= 11 is 0. The maximum absolute atomic E-state index is 12.5. The van der Waals surface area contributed by atoms with Crippen LogP contribution in [0.4, 0.5) is 5.82 Å². The van der Waals surface area contributed by atoms with Gasteiger partial charge in [-0.25, -0.2) is 4.79 Å². The molecule has 0 bridgehead atoms. The van der Waals surface area contributed by atoms with Crippen LogP contribution in [0.5, 0.6) is 5.75 Å². The summed E-state index contributed by atoms with van der Waals surface area (Å²) in [5.41, 5.74) is 3.34. The van der Waals surface area contributed by atoms with E-state index in [0.717, 1.165) is 65.1 Å². The second-order valence-electron chi connectivity index (χ2n) is 6.74. The van der Waals surface area contributed by atoms with Crippen molar-refractivity contribution in [1.82, 2.24) is 5.16 Å². The van der Waals surface area contributed by atoms with Crippen LogP contribution in [-0.4, -0.2) is 11.9 Å². The van der Waals surface area contributed by atoms with E-state index in [4.69, 9.17) is 13.7 Å². The van der Waals surface area contributed by atoms with Gasteiger partial charge in [0.05, 0.1) is 12.1 Å². The summed E-state index contributed by atoms with van der Waals surface area (Å²) in [6, 6.07) is 5.88. The molecular weight excluding hydrogens is 320 g/mol. The minimum atomic E-state index is -0.204. The fourth-order valence-electron chi connectivity index (χ4n) is 3.86. The molecule has 3 heterocycles. The highest BCUT2D eigenvalue weighted by Gasteiger charge is 2.26. The first-order chi connectivity index (χ1) is 12.2. The molecule has 6 heteroatoms. The Hall–Kier alpha value is -2.76. The number of fused-ring (bicyclic) bond motifs is 5. The third-order valence-corrected chi connectivity index (χ3v) is 5.12. The Morgan fingerprint density at radius 3 is 2.76 bits per heavy atom. The van der Waals surface area contributed by atoms with Gasteiger partial charge in [0.1, 0.15) is 17.1 Å². The van der Waals surface area contributed by atoms with Crippen molar-refractivity contribution in [1.29, 1.82) is 0 Å². The standard InChI is InChI=1S/C19H18N2O4/c1-11-8-17(20-25-11)21-9-15-16(23-10-21)7-6-13-12-4-2-3-5-14(12)19(22)24-18(13)15/h6-8H,2-5,9-10H2,1H3. The van der Waals surface area contributed by atoms with Crippen LogP contribution in [0.1, 0.15) is 35.3 Å². The molecule has 1 aliphatic carbocycles. The molecule has 0 fully saturated rings. The normalized spacial score (nSPS) is 16.4. The lowest BCUT2D eigenvalue weighted by atomic mass is 9.90. The Balaban J connectivity index is 1.67. The van der Waals surface area contributed by atoms with E-state index in [9.17, 15) is 4.79 Å². The van der Waals surface area contributed by atoms with Gasteiger partial charge in [-0.15, -0.1) is 0 Å². The van der Waals surface area contributed by atoms with Gasteiger partial charge < -0.3 is 18.6 Å². The zero-order chi connectivity index (χ0) is 17.0. The first-order valence-corrected chi connectivity index (χ1v) is 8.62. The lowest BCUT2D eigenvalue weighted by Crippen LogP contribution is -2.32. The topological polar surface area (TPSA) is 68.7 Å². The van der Waals surface area contributed by atoms with Gasteiger partial charge in [-0.1, -0.05) is 5.16 Å². The van der Waals surface area contributed by atoms with Crippen LogP contribution in [0.3, 0.4) is 0 Å². The zero-order valence-corrected chi connectivity index (χ0v) is 14.0. The average Bonchev–Trinajstić information content (AvgIpc) is 3.08. The van der Waals surface area contributed by atoms with Crippen LogP contribution in [0.25, 0.3) is 11.0 Å². The van der Waals surface area contributed by atoms with E-state index < -0.39 is 0 Å². The van der Waals surface area contributed by atoms with Gasteiger partial charge in [-0.05, 0) is 50.3 Å². The molecule has 6 nitrogen and oxygen atoms in total. The van der Waals surface area contributed by atoms with Gasteiger partial charge in [-0.2, -0.15) is 0 Å². The second kappa shape index (κ2) is 5.37. The highest BCUT2D eigenvalue weighted by molar-refractivity contribution is 5.86. The fraction of sp³-hybridized carbons (Fsp3) is 0.368. The Morgan fingerprint density at radius 2 is 1.96 bits per heavy atom. The van der Waals surface area contributed by atoms with E-state index in [2.05, 4.69) is 5.16 Å². The molecule has 1 aromatic carbocycles. The van der Waals surface area contributed by atoms with Crippen LogP contribution in [0.2, 0.25) is 0 Å². The maximum atomic E-state index is 12.5. The SMILES string of the molecule is Cc1cc(N2COc3ccc4c5c(c(=O)oc4c3C2)CCCC5)no1. The molecule has 0 radical (unpaired) electrons. The van der Waals surface area contributed by atoms with Crippen molar-refractivity contribution in [3.05, 3.63) is 51.1 Å². The minimum Gasteiger partial charge on any atom is -0.473 e. The molecule has 0 unspecified atom stereocenters. The summed E-state index contributed by atoms with van der Waals surface area (Å²) in [6.45, 7) is 2.82. The summed E-state index contributed by atoms with van der Waals surface area (Å²) in [6.07, 6.45) is 3.91. The highest BCUT2D eigenvalue weighted by atomic mass is 16.5. The predicted molar refractivity (Wildman–Crippen MR) is 92.0 cm³/mol. The van der Waals surface area contributed by atoms with E-state index in [1.165, 1.54) is 0 Å².